The van der Waals surface area contributed by atoms with Gasteiger partial charge in [0.1, 0.15) is 17.3 Å². The van der Waals surface area contributed by atoms with E-state index in [4.69, 9.17) is 5.26 Å². The first-order chi connectivity index (χ1) is 11.6. The van der Waals surface area contributed by atoms with Crippen LogP contribution in [-0.2, 0) is 0 Å². The van der Waals surface area contributed by atoms with Crippen molar-refractivity contribution in [3.8, 4) is 6.07 Å². The quantitative estimate of drug-likeness (QED) is 0.468. The van der Waals surface area contributed by atoms with E-state index in [1.807, 2.05) is 13.8 Å². The van der Waals surface area contributed by atoms with Crippen molar-refractivity contribution in [3.05, 3.63) is 46.7 Å². The van der Waals surface area contributed by atoms with E-state index in [1.165, 1.54) is 6.92 Å². The Labute approximate surface area is 144 Å². The average molecular weight is 360 g/mol. The summed E-state index contributed by atoms with van der Waals surface area (Å²) in [5, 5.41) is 8.69. The van der Waals surface area contributed by atoms with Crippen LogP contribution in [0.25, 0.3) is 0 Å². The van der Waals surface area contributed by atoms with Crippen LogP contribution in [0, 0.1) is 28.9 Å². The average Bonchev–Trinajstić information content (AvgIpc) is 2.56. The van der Waals surface area contributed by atoms with Gasteiger partial charge in [-0.25, -0.2) is 13.8 Å². The Bertz CT molecular complexity index is 659. The molecule has 0 amide bonds. The van der Waals surface area contributed by atoms with E-state index in [9.17, 15) is 22.0 Å². The van der Waals surface area contributed by atoms with E-state index in [2.05, 4.69) is 4.99 Å². The number of alkyl halides is 3. The summed E-state index contributed by atoms with van der Waals surface area (Å²) in [5.41, 5.74) is -2.45. The third-order valence-electron chi connectivity index (χ3n) is 3.31. The SMILES string of the molecule is C/C=C(\N=C(c1c(F)cc(C#N)cc1F)C(C)CC)C(F)(F)F.CC. The molecule has 0 heterocycles. The Morgan fingerprint density at radius 1 is 1.24 bits per heavy atom. The Morgan fingerprint density at radius 2 is 1.72 bits per heavy atom. The van der Waals surface area contributed by atoms with Gasteiger partial charge < -0.3 is 0 Å². The summed E-state index contributed by atoms with van der Waals surface area (Å²) >= 11 is 0. The second-order valence-corrected chi connectivity index (χ2v) is 4.90. The molecule has 0 bridgehead atoms. The maximum atomic E-state index is 14.1. The van der Waals surface area contributed by atoms with Gasteiger partial charge in [0.15, 0.2) is 0 Å². The monoisotopic (exact) mass is 360 g/mol. The van der Waals surface area contributed by atoms with Crippen LogP contribution in [-0.4, -0.2) is 11.9 Å². The van der Waals surface area contributed by atoms with E-state index in [0.29, 0.717) is 6.42 Å². The van der Waals surface area contributed by atoms with Crippen LogP contribution < -0.4 is 0 Å². The lowest BCUT2D eigenvalue weighted by atomic mass is 9.94. The Balaban J connectivity index is 0.00000277. The van der Waals surface area contributed by atoms with Gasteiger partial charge in [0.25, 0.3) is 0 Å². The molecule has 0 N–H and O–H groups in total. The number of hydrogen-bond donors (Lipinski definition) is 0. The van der Waals surface area contributed by atoms with Crippen molar-refractivity contribution in [2.24, 2.45) is 10.9 Å². The van der Waals surface area contributed by atoms with Gasteiger partial charge in [-0.05, 0) is 31.4 Å². The highest BCUT2D eigenvalue weighted by Crippen LogP contribution is 2.29. The predicted molar refractivity (Wildman–Crippen MR) is 88.2 cm³/mol. The van der Waals surface area contributed by atoms with Crippen LogP contribution in [0.15, 0.2) is 28.9 Å². The molecule has 0 radical (unpaired) electrons. The van der Waals surface area contributed by atoms with Gasteiger partial charge in [-0.3, -0.25) is 0 Å². The summed E-state index contributed by atoms with van der Waals surface area (Å²) in [6.07, 6.45) is -3.65. The molecule has 138 valence electrons. The highest BCUT2D eigenvalue weighted by Gasteiger charge is 2.34. The fraction of sp³-hybridized carbons (Fsp3) is 0.444. The first kappa shape index (κ1) is 22.8. The molecule has 25 heavy (non-hydrogen) atoms. The Hall–Kier alpha value is -2.23. The maximum absolute atomic E-state index is 14.1. The van der Waals surface area contributed by atoms with Crippen molar-refractivity contribution < 1.29 is 22.0 Å². The van der Waals surface area contributed by atoms with Gasteiger partial charge in [0, 0.05) is 0 Å². The highest BCUT2D eigenvalue weighted by atomic mass is 19.4. The van der Waals surface area contributed by atoms with Crippen molar-refractivity contribution in [1.82, 2.24) is 0 Å². The topological polar surface area (TPSA) is 36.1 Å². The van der Waals surface area contributed by atoms with Crippen molar-refractivity contribution >= 4 is 5.71 Å². The minimum Gasteiger partial charge on any atom is -0.248 e. The molecule has 1 atom stereocenters. The van der Waals surface area contributed by atoms with Crippen LogP contribution in [0.4, 0.5) is 22.0 Å². The highest BCUT2D eigenvalue weighted by molar-refractivity contribution is 6.03. The molecule has 1 aromatic rings. The second-order valence-electron chi connectivity index (χ2n) is 4.90. The molecular formula is C18H21F5N2. The number of rotatable bonds is 4. The fourth-order valence-corrected chi connectivity index (χ4v) is 1.91. The summed E-state index contributed by atoms with van der Waals surface area (Å²) in [6, 6.07) is 3.14. The van der Waals surface area contributed by atoms with Crippen LogP contribution in [0.2, 0.25) is 0 Å². The molecule has 1 unspecified atom stereocenters. The first-order valence-electron chi connectivity index (χ1n) is 7.87. The normalized spacial score (nSPS) is 13.6. The molecule has 1 aromatic carbocycles. The van der Waals surface area contributed by atoms with E-state index >= 15 is 0 Å². The lowest BCUT2D eigenvalue weighted by Gasteiger charge is -2.17. The fourth-order valence-electron chi connectivity index (χ4n) is 1.91. The predicted octanol–water partition coefficient (Wildman–Crippen LogP) is 6.16. The van der Waals surface area contributed by atoms with E-state index < -0.39 is 35.0 Å². The summed E-state index contributed by atoms with van der Waals surface area (Å²) in [5.74, 6) is -2.83. The molecule has 0 fully saturated rings. The number of nitrogens with zero attached hydrogens (tertiary/aromatic N) is 2. The van der Waals surface area contributed by atoms with Crippen LogP contribution in [0.5, 0.6) is 0 Å². The first-order valence-corrected chi connectivity index (χ1v) is 7.87. The van der Waals surface area contributed by atoms with Crippen molar-refractivity contribution in [2.45, 2.75) is 47.2 Å². The molecule has 0 aliphatic heterocycles. The van der Waals surface area contributed by atoms with Gasteiger partial charge in [-0.15, -0.1) is 0 Å². The van der Waals surface area contributed by atoms with E-state index in [0.717, 1.165) is 25.1 Å². The summed E-state index contributed by atoms with van der Waals surface area (Å²) in [4.78, 5) is 3.47. The number of hydrogen-bond acceptors (Lipinski definition) is 2. The number of halogens is 5. The van der Waals surface area contributed by atoms with Gasteiger partial charge in [-0.2, -0.15) is 18.4 Å². The maximum Gasteiger partial charge on any atom is 0.433 e. The lowest BCUT2D eigenvalue weighted by Crippen LogP contribution is -2.19. The Kier molecular flexibility index (Phi) is 9.03. The van der Waals surface area contributed by atoms with Crippen molar-refractivity contribution in [3.63, 3.8) is 0 Å². The number of aliphatic imine (C=N–C) groups is 1. The minimum absolute atomic E-state index is 0.255. The minimum atomic E-state index is -4.73. The molecule has 0 spiro atoms. The molecule has 2 nitrogen and oxygen atoms in total. The largest absolute Gasteiger partial charge is 0.433 e. The number of nitriles is 1. The van der Waals surface area contributed by atoms with Gasteiger partial charge in [0.05, 0.1) is 22.9 Å². The summed E-state index contributed by atoms with van der Waals surface area (Å²) in [6.45, 7) is 8.34. The molecule has 0 aliphatic carbocycles. The van der Waals surface area contributed by atoms with Gasteiger partial charge >= 0.3 is 6.18 Å². The standard InChI is InChI=1S/C16H15F5N2.C2H6/c1-4-9(3)15(23-13(5-2)16(19,20)21)14-11(17)6-10(8-22)7-12(14)18;1-2/h5-7,9H,4H2,1-3H3;1-2H3/b13-5-,23-15?;. The molecular weight excluding hydrogens is 339 g/mol. The third-order valence-corrected chi connectivity index (χ3v) is 3.31. The lowest BCUT2D eigenvalue weighted by molar-refractivity contribution is -0.0924. The zero-order chi connectivity index (χ0) is 19.8. The van der Waals surface area contributed by atoms with Crippen molar-refractivity contribution in [1.29, 1.82) is 5.26 Å². The van der Waals surface area contributed by atoms with Gasteiger partial charge in [-0.1, -0.05) is 33.8 Å². The number of allylic oxidation sites excluding steroid dienone is 2. The molecule has 0 saturated heterocycles. The molecule has 0 saturated carbocycles. The molecule has 0 aliphatic rings. The molecule has 0 aromatic heterocycles. The molecule has 1 rings (SSSR count). The summed E-state index contributed by atoms with van der Waals surface area (Å²) in [7, 11) is 0. The van der Waals surface area contributed by atoms with E-state index in [-0.39, 0.29) is 11.3 Å². The zero-order valence-corrected chi connectivity index (χ0v) is 14.8. The number of benzene rings is 1. The molecule has 7 heteroatoms. The zero-order valence-electron chi connectivity index (χ0n) is 14.8. The van der Waals surface area contributed by atoms with Crippen LogP contribution in [0.3, 0.4) is 0 Å². The van der Waals surface area contributed by atoms with E-state index in [1.54, 1.807) is 13.0 Å². The summed E-state index contributed by atoms with van der Waals surface area (Å²) < 4.78 is 66.9. The van der Waals surface area contributed by atoms with Crippen LogP contribution in [0.1, 0.15) is 52.2 Å². The van der Waals surface area contributed by atoms with Gasteiger partial charge in [0.2, 0.25) is 0 Å². The Morgan fingerprint density at radius 3 is 2.04 bits per heavy atom. The second kappa shape index (κ2) is 9.92. The van der Waals surface area contributed by atoms with Crippen molar-refractivity contribution in [2.75, 3.05) is 0 Å². The third kappa shape index (κ3) is 5.96. The van der Waals surface area contributed by atoms with Crippen LogP contribution >= 0.6 is 0 Å². The smallest absolute Gasteiger partial charge is 0.248 e.